The number of aromatic carboxylic acids is 1. The highest BCUT2D eigenvalue weighted by Crippen LogP contribution is 2.27. The summed E-state index contributed by atoms with van der Waals surface area (Å²) < 4.78 is 0. The summed E-state index contributed by atoms with van der Waals surface area (Å²) in [6.45, 7) is 3.12. The van der Waals surface area contributed by atoms with Crippen LogP contribution in [0.1, 0.15) is 48.7 Å². The van der Waals surface area contributed by atoms with Gasteiger partial charge in [-0.3, -0.25) is 4.98 Å². The average Bonchev–Trinajstić information content (AvgIpc) is 3.30. The van der Waals surface area contributed by atoms with Crippen LogP contribution in [0.4, 0.5) is 4.79 Å². The van der Waals surface area contributed by atoms with E-state index in [1.54, 1.807) is 0 Å². The first-order valence-electron chi connectivity index (χ1n) is 7.34. The van der Waals surface area contributed by atoms with Crippen molar-refractivity contribution in [3.63, 3.8) is 0 Å². The van der Waals surface area contributed by atoms with E-state index in [4.69, 9.17) is 5.11 Å². The van der Waals surface area contributed by atoms with Gasteiger partial charge < -0.3 is 15.3 Å². The van der Waals surface area contributed by atoms with Crippen LogP contribution in [-0.2, 0) is 6.54 Å². The van der Waals surface area contributed by atoms with Crippen molar-refractivity contribution in [2.24, 2.45) is 0 Å². The number of amides is 2. The third kappa shape index (κ3) is 4.44. The minimum Gasteiger partial charge on any atom is -0.478 e. The van der Waals surface area contributed by atoms with Gasteiger partial charge >= 0.3 is 12.0 Å². The molecule has 0 spiro atoms. The first-order valence-corrected chi connectivity index (χ1v) is 7.34. The highest BCUT2D eigenvalue weighted by Gasteiger charge is 2.31. The maximum Gasteiger partial charge on any atom is 0.335 e. The van der Waals surface area contributed by atoms with E-state index >= 15 is 0 Å². The van der Waals surface area contributed by atoms with Crippen LogP contribution in [-0.4, -0.2) is 39.6 Å². The molecule has 0 aromatic carbocycles. The molecule has 6 nitrogen and oxygen atoms in total. The quantitative estimate of drug-likeness (QED) is 0.807. The smallest absolute Gasteiger partial charge is 0.335 e. The molecule has 0 unspecified atom stereocenters. The first kappa shape index (κ1) is 15.3. The highest BCUT2D eigenvalue weighted by atomic mass is 16.4. The van der Waals surface area contributed by atoms with Gasteiger partial charge in [0, 0.05) is 18.8 Å². The summed E-state index contributed by atoms with van der Waals surface area (Å²) in [5.41, 5.74) is 0.730. The molecular formula is C15H21N3O3. The Morgan fingerprint density at radius 1 is 1.48 bits per heavy atom. The summed E-state index contributed by atoms with van der Waals surface area (Å²) in [4.78, 5) is 29.0. The van der Waals surface area contributed by atoms with Crippen molar-refractivity contribution in [3.05, 3.63) is 29.6 Å². The lowest BCUT2D eigenvalue weighted by Gasteiger charge is -2.22. The second kappa shape index (κ2) is 7.06. The maximum absolute atomic E-state index is 12.2. The van der Waals surface area contributed by atoms with E-state index in [-0.39, 0.29) is 18.1 Å². The molecule has 2 rings (SSSR count). The monoisotopic (exact) mass is 291 g/mol. The van der Waals surface area contributed by atoms with Crippen molar-refractivity contribution < 1.29 is 14.7 Å². The van der Waals surface area contributed by atoms with E-state index in [2.05, 4.69) is 17.2 Å². The molecule has 0 saturated heterocycles. The Hall–Kier alpha value is -2.11. The molecule has 0 radical (unpaired) electrons. The van der Waals surface area contributed by atoms with Gasteiger partial charge in [-0.05, 0) is 31.4 Å². The largest absolute Gasteiger partial charge is 0.478 e. The van der Waals surface area contributed by atoms with Crippen molar-refractivity contribution in [1.29, 1.82) is 0 Å². The molecule has 2 amide bonds. The van der Waals surface area contributed by atoms with Crippen LogP contribution in [0.15, 0.2) is 18.3 Å². The van der Waals surface area contributed by atoms with Crippen LogP contribution in [0, 0.1) is 0 Å². The number of carboxylic acids is 1. The summed E-state index contributed by atoms with van der Waals surface area (Å²) in [6, 6.07) is 3.20. The molecule has 1 heterocycles. The van der Waals surface area contributed by atoms with Crippen LogP contribution < -0.4 is 5.32 Å². The fourth-order valence-corrected chi connectivity index (χ4v) is 2.14. The normalized spacial score (nSPS) is 13.8. The number of hydrogen-bond acceptors (Lipinski definition) is 3. The van der Waals surface area contributed by atoms with Gasteiger partial charge in [-0.15, -0.1) is 0 Å². The van der Waals surface area contributed by atoms with E-state index in [0.29, 0.717) is 11.7 Å². The second-order valence-corrected chi connectivity index (χ2v) is 5.28. The zero-order valence-electron chi connectivity index (χ0n) is 12.2. The number of hydrogen-bond donors (Lipinski definition) is 2. The summed E-state index contributed by atoms with van der Waals surface area (Å²) in [5, 5.41) is 11.8. The van der Waals surface area contributed by atoms with Crippen molar-refractivity contribution >= 4 is 12.0 Å². The standard InChI is InChI=1S/C15H21N3O3/c1-2-3-8-18(13-4-5-13)15(21)17-10-12-9-11(14(19)20)6-7-16-12/h6-7,9,13H,2-5,8,10H2,1H3,(H,17,21)(H,19,20). The molecule has 1 saturated carbocycles. The fourth-order valence-electron chi connectivity index (χ4n) is 2.14. The molecule has 1 aliphatic carbocycles. The predicted octanol–water partition coefficient (Wildman–Crippen LogP) is 2.25. The minimum atomic E-state index is -0.993. The Kier molecular flexibility index (Phi) is 5.14. The number of pyridine rings is 1. The van der Waals surface area contributed by atoms with Gasteiger partial charge in [-0.25, -0.2) is 9.59 Å². The van der Waals surface area contributed by atoms with E-state index in [1.807, 2.05) is 4.90 Å². The topological polar surface area (TPSA) is 82.5 Å². The molecule has 1 aromatic rings. The Labute approximate surface area is 124 Å². The summed E-state index contributed by atoms with van der Waals surface area (Å²) >= 11 is 0. The SMILES string of the molecule is CCCCN(C(=O)NCc1cc(C(=O)O)ccn1)C1CC1. The van der Waals surface area contributed by atoms with Gasteiger partial charge in [0.25, 0.3) is 0 Å². The molecule has 0 atom stereocenters. The lowest BCUT2D eigenvalue weighted by Crippen LogP contribution is -2.41. The number of carbonyl (C=O) groups excluding carboxylic acids is 1. The van der Waals surface area contributed by atoms with Gasteiger partial charge in [0.05, 0.1) is 17.8 Å². The molecule has 2 N–H and O–H groups in total. The number of aromatic nitrogens is 1. The summed E-state index contributed by atoms with van der Waals surface area (Å²) in [5.74, 6) is -0.993. The third-order valence-corrected chi connectivity index (χ3v) is 3.49. The fraction of sp³-hybridized carbons (Fsp3) is 0.533. The van der Waals surface area contributed by atoms with Gasteiger partial charge in [-0.2, -0.15) is 0 Å². The van der Waals surface area contributed by atoms with E-state index in [0.717, 1.165) is 32.2 Å². The molecule has 0 aliphatic heterocycles. The van der Waals surface area contributed by atoms with Crippen LogP contribution in [0.5, 0.6) is 0 Å². The van der Waals surface area contributed by atoms with Crippen LogP contribution in [0.2, 0.25) is 0 Å². The molecule has 6 heteroatoms. The lowest BCUT2D eigenvalue weighted by atomic mass is 10.2. The Morgan fingerprint density at radius 2 is 2.24 bits per heavy atom. The average molecular weight is 291 g/mol. The Bertz CT molecular complexity index is 515. The summed E-state index contributed by atoms with van der Waals surface area (Å²) in [6.07, 6.45) is 5.64. The molecule has 114 valence electrons. The molecule has 0 bridgehead atoms. The van der Waals surface area contributed by atoms with Gasteiger partial charge in [-0.1, -0.05) is 13.3 Å². The molecular weight excluding hydrogens is 270 g/mol. The van der Waals surface area contributed by atoms with Crippen LogP contribution >= 0.6 is 0 Å². The Morgan fingerprint density at radius 3 is 2.86 bits per heavy atom. The number of rotatable bonds is 7. The van der Waals surface area contributed by atoms with E-state index in [1.165, 1.54) is 18.3 Å². The molecule has 1 aromatic heterocycles. The highest BCUT2D eigenvalue weighted by molar-refractivity contribution is 5.87. The van der Waals surface area contributed by atoms with Crippen LogP contribution in [0.3, 0.4) is 0 Å². The second-order valence-electron chi connectivity index (χ2n) is 5.28. The van der Waals surface area contributed by atoms with Crippen molar-refractivity contribution in [2.75, 3.05) is 6.54 Å². The minimum absolute atomic E-state index is 0.0894. The summed E-state index contributed by atoms with van der Waals surface area (Å²) in [7, 11) is 0. The van der Waals surface area contributed by atoms with Crippen molar-refractivity contribution in [1.82, 2.24) is 15.2 Å². The van der Waals surface area contributed by atoms with Crippen LogP contribution in [0.25, 0.3) is 0 Å². The number of nitrogens with zero attached hydrogens (tertiary/aromatic N) is 2. The zero-order chi connectivity index (χ0) is 15.2. The van der Waals surface area contributed by atoms with E-state index in [9.17, 15) is 9.59 Å². The Balaban J connectivity index is 1.90. The predicted molar refractivity (Wildman–Crippen MR) is 78.1 cm³/mol. The lowest BCUT2D eigenvalue weighted by molar-refractivity contribution is 0.0696. The number of carbonyl (C=O) groups is 2. The molecule has 21 heavy (non-hydrogen) atoms. The third-order valence-electron chi connectivity index (χ3n) is 3.49. The number of carboxylic acid groups (broad SMARTS) is 1. The number of nitrogens with one attached hydrogen (secondary N) is 1. The number of unbranched alkanes of at least 4 members (excludes halogenated alkanes) is 1. The van der Waals surface area contributed by atoms with Gasteiger partial charge in [0.15, 0.2) is 0 Å². The molecule has 1 fully saturated rings. The molecule has 1 aliphatic rings. The zero-order valence-corrected chi connectivity index (χ0v) is 12.2. The van der Waals surface area contributed by atoms with Crippen molar-refractivity contribution in [2.45, 2.75) is 45.2 Å². The van der Waals surface area contributed by atoms with Gasteiger partial charge in [0.1, 0.15) is 0 Å². The van der Waals surface area contributed by atoms with Gasteiger partial charge in [0.2, 0.25) is 0 Å². The number of urea groups is 1. The van der Waals surface area contributed by atoms with E-state index < -0.39 is 5.97 Å². The van der Waals surface area contributed by atoms with Crippen molar-refractivity contribution in [3.8, 4) is 0 Å². The first-order chi connectivity index (χ1) is 10.1. The maximum atomic E-state index is 12.2.